The van der Waals surface area contributed by atoms with E-state index in [1.54, 1.807) is 6.07 Å². The van der Waals surface area contributed by atoms with Gasteiger partial charge in [0.15, 0.2) is 11.5 Å². The number of phenolic OH excluding ortho intramolecular Hbond substituents is 2. The van der Waals surface area contributed by atoms with Gasteiger partial charge in [-0.15, -0.1) is 0 Å². The highest BCUT2D eigenvalue weighted by Gasteiger charge is 2.10. The Bertz CT molecular complexity index is 634. The van der Waals surface area contributed by atoms with E-state index in [2.05, 4.69) is 29.3 Å². The highest BCUT2D eigenvalue weighted by atomic mass is 16.3. The van der Waals surface area contributed by atoms with Crippen LogP contribution in [-0.2, 0) is 13.1 Å². The smallest absolute Gasteiger partial charge is 0.157 e. The molecule has 0 aromatic heterocycles. The van der Waals surface area contributed by atoms with E-state index in [1.807, 2.05) is 18.2 Å². The summed E-state index contributed by atoms with van der Waals surface area (Å²) in [4.78, 5) is 2.17. The van der Waals surface area contributed by atoms with Crippen LogP contribution in [-0.4, -0.2) is 15.1 Å². The maximum atomic E-state index is 9.50. The van der Waals surface area contributed by atoms with Crippen LogP contribution in [0.15, 0.2) is 48.7 Å². The molecule has 0 radical (unpaired) electrons. The van der Waals surface area contributed by atoms with E-state index in [1.165, 1.54) is 17.2 Å². The van der Waals surface area contributed by atoms with E-state index in [9.17, 15) is 10.2 Å². The van der Waals surface area contributed by atoms with Gasteiger partial charge >= 0.3 is 0 Å². The number of nitrogens with zero attached hydrogens (tertiary/aromatic N) is 1. The Morgan fingerprint density at radius 2 is 1.84 bits per heavy atom. The van der Waals surface area contributed by atoms with Gasteiger partial charge in [-0.25, -0.2) is 0 Å². The van der Waals surface area contributed by atoms with Crippen LogP contribution in [0.25, 0.3) is 6.08 Å². The number of hydrogen-bond donors (Lipinski definition) is 2. The fourth-order valence-corrected chi connectivity index (χ4v) is 2.31. The van der Waals surface area contributed by atoms with Crippen LogP contribution in [0, 0.1) is 0 Å². The zero-order valence-corrected chi connectivity index (χ0v) is 10.5. The minimum atomic E-state index is -0.0803. The Morgan fingerprint density at radius 1 is 1.00 bits per heavy atom. The molecule has 1 aliphatic heterocycles. The Hall–Kier alpha value is -2.42. The molecular formula is C16H15NO2. The van der Waals surface area contributed by atoms with Gasteiger partial charge in [-0.1, -0.05) is 30.3 Å². The molecule has 1 aliphatic rings. The van der Waals surface area contributed by atoms with Crippen molar-refractivity contribution in [3.63, 3.8) is 0 Å². The second-order valence-corrected chi connectivity index (χ2v) is 4.74. The van der Waals surface area contributed by atoms with E-state index >= 15 is 0 Å². The van der Waals surface area contributed by atoms with E-state index < -0.39 is 0 Å². The fourth-order valence-electron chi connectivity index (χ4n) is 2.31. The van der Waals surface area contributed by atoms with Crippen molar-refractivity contribution in [2.45, 2.75) is 13.1 Å². The summed E-state index contributed by atoms with van der Waals surface area (Å²) in [6, 6.07) is 13.3. The molecule has 3 nitrogen and oxygen atoms in total. The number of fused-ring (bicyclic) bond motifs is 1. The second kappa shape index (κ2) is 4.69. The number of phenols is 2. The van der Waals surface area contributed by atoms with Gasteiger partial charge in [0.1, 0.15) is 0 Å². The van der Waals surface area contributed by atoms with Crippen LogP contribution in [0.1, 0.15) is 16.7 Å². The molecule has 0 amide bonds. The first-order valence-corrected chi connectivity index (χ1v) is 6.23. The molecule has 0 unspecified atom stereocenters. The minimum Gasteiger partial charge on any atom is -0.504 e. The minimum absolute atomic E-state index is 0.0705. The lowest BCUT2D eigenvalue weighted by molar-refractivity contribution is 0.357. The number of aromatic hydroxyl groups is 2. The molecule has 0 spiro atoms. The summed E-state index contributed by atoms with van der Waals surface area (Å²) in [5.41, 5.74) is 3.53. The van der Waals surface area contributed by atoms with E-state index in [4.69, 9.17) is 0 Å². The molecule has 96 valence electrons. The Labute approximate surface area is 112 Å². The summed E-state index contributed by atoms with van der Waals surface area (Å²) >= 11 is 0. The topological polar surface area (TPSA) is 43.7 Å². The second-order valence-electron chi connectivity index (χ2n) is 4.74. The van der Waals surface area contributed by atoms with Crippen molar-refractivity contribution in [1.82, 2.24) is 4.90 Å². The molecule has 0 atom stereocenters. The van der Waals surface area contributed by atoms with Gasteiger partial charge in [-0.2, -0.15) is 0 Å². The van der Waals surface area contributed by atoms with Gasteiger partial charge in [0.05, 0.1) is 0 Å². The first-order chi connectivity index (χ1) is 9.22. The van der Waals surface area contributed by atoms with E-state index in [0.717, 1.165) is 12.1 Å². The van der Waals surface area contributed by atoms with Crippen molar-refractivity contribution in [2.75, 3.05) is 0 Å². The van der Waals surface area contributed by atoms with Crippen LogP contribution < -0.4 is 0 Å². The summed E-state index contributed by atoms with van der Waals surface area (Å²) in [6.45, 7) is 1.56. The van der Waals surface area contributed by atoms with Crippen LogP contribution in [0.4, 0.5) is 0 Å². The SMILES string of the molecule is Oc1ccc(CN2C=Cc3ccccc3C2)cc1O. The molecular weight excluding hydrogens is 238 g/mol. The largest absolute Gasteiger partial charge is 0.504 e. The summed E-state index contributed by atoms with van der Waals surface area (Å²) < 4.78 is 0. The fraction of sp³-hybridized carbons (Fsp3) is 0.125. The summed E-state index contributed by atoms with van der Waals surface area (Å²) in [6.07, 6.45) is 4.16. The highest BCUT2D eigenvalue weighted by Crippen LogP contribution is 2.27. The van der Waals surface area contributed by atoms with Gasteiger partial charge in [-0.05, 0) is 34.9 Å². The monoisotopic (exact) mass is 253 g/mol. The summed E-state index contributed by atoms with van der Waals surface area (Å²) in [5.74, 6) is -0.151. The average molecular weight is 253 g/mol. The van der Waals surface area contributed by atoms with Crippen LogP contribution >= 0.6 is 0 Å². The summed E-state index contributed by atoms with van der Waals surface area (Å²) in [7, 11) is 0. The zero-order valence-electron chi connectivity index (χ0n) is 10.5. The maximum absolute atomic E-state index is 9.50. The lowest BCUT2D eigenvalue weighted by atomic mass is 10.0. The molecule has 2 N–H and O–H groups in total. The quantitative estimate of drug-likeness (QED) is 0.808. The van der Waals surface area contributed by atoms with Gasteiger partial charge in [0.25, 0.3) is 0 Å². The molecule has 3 rings (SSSR count). The van der Waals surface area contributed by atoms with Crippen molar-refractivity contribution in [3.05, 3.63) is 65.4 Å². The first kappa shape index (κ1) is 11.7. The van der Waals surface area contributed by atoms with Crippen molar-refractivity contribution in [1.29, 1.82) is 0 Å². The standard InChI is InChI=1S/C16H15NO2/c18-15-6-5-12(9-16(15)19)10-17-8-7-13-3-1-2-4-14(13)11-17/h1-9,18-19H,10-11H2. The van der Waals surface area contributed by atoms with E-state index in [-0.39, 0.29) is 11.5 Å². The maximum Gasteiger partial charge on any atom is 0.157 e. The third kappa shape index (κ3) is 2.40. The number of rotatable bonds is 2. The van der Waals surface area contributed by atoms with Crippen LogP contribution in [0.5, 0.6) is 11.5 Å². The van der Waals surface area contributed by atoms with Crippen molar-refractivity contribution < 1.29 is 10.2 Å². The number of hydrogen-bond acceptors (Lipinski definition) is 3. The molecule has 0 fully saturated rings. The van der Waals surface area contributed by atoms with Crippen LogP contribution in [0.2, 0.25) is 0 Å². The Balaban J connectivity index is 1.77. The van der Waals surface area contributed by atoms with Gasteiger partial charge in [0.2, 0.25) is 0 Å². The van der Waals surface area contributed by atoms with Crippen molar-refractivity contribution >= 4 is 6.08 Å². The summed E-state index contributed by atoms with van der Waals surface area (Å²) in [5, 5.41) is 18.8. The Morgan fingerprint density at radius 3 is 2.68 bits per heavy atom. The lowest BCUT2D eigenvalue weighted by Crippen LogP contribution is -2.19. The molecule has 1 heterocycles. The predicted molar refractivity (Wildman–Crippen MR) is 74.5 cm³/mol. The third-order valence-corrected chi connectivity index (χ3v) is 3.32. The van der Waals surface area contributed by atoms with E-state index in [0.29, 0.717) is 6.54 Å². The van der Waals surface area contributed by atoms with Crippen LogP contribution in [0.3, 0.4) is 0 Å². The third-order valence-electron chi connectivity index (χ3n) is 3.32. The predicted octanol–water partition coefficient (Wildman–Crippen LogP) is 3.08. The highest BCUT2D eigenvalue weighted by molar-refractivity contribution is 5.55. The van der Waals surface area contributed by atoms with Crippen molar-refractivity contribution in [2.24, 2.45) is 0 Å². The molecule has 3 heteroatoms. The average Bonchev–Trinajstić information content (AvgIpc) is 2.43. The lowest BCUT2D eigenvalue weighted by Gasteiger charge is -2.25. The normalized spacial score (nSPS) is 13.4. The Kier molecular flexibility index (Phi) is 2.88. The zero-order chi connectivity index (χ0) is 13.2. The number of benzene rings is 2. The molecule has 0 saturated carbocycles. The molecule has 2 aromatic carbocycles. The molecule has 0 aliphatic carbocycles. The molecule has 2 aromatic rings. The molecule has 0 bridgehead atoms. The van der Waals surface area contributed by atoms with Gasteiger partial charge in [-0.3, -0.25) is 0 Å². The molecule has 0 saturated heterocycles. The van der Waals surface area contributed by atoms with Gasteiger partial charge < -0.3 is 15.1 Å². The van der Waals surface area contributed by atoms with Crippen molar-refractivity contribution in [3.8, 4) is 11.5 Å². The first-order valence-electron chi connectivity index (χ1n) is 6.23. The molecule has 19 heavy (non-hydrogen) atoms. The van der Waals surface area contributed by atoms with Gasteiger partial charge in [0, 0.05) is 19.3 Å².